The van der Waals surface area contributed by atoms with Crippen molar-refractivity contribution in [1.82, 2.24) is 10.5 Å². The molecule has 0 aromatic heterocycles. The lowest BCUT2D eigenvalue weighted by molar-refractivity contribution is -0.238. The Bertz CT molecular complexity index is 1130. The molecule has 34 heavy (non-hydrogen) atoms. The van der Waals surface area contributed by atoms with Gasteiger partial charge in [-0.05, 0) is 47.7 Å². The first-order valence-electron chi connectivity index (χ1n) is 11.8. The Labute approximate surface area is 197 Å². The van der Waals surface area contributed by atoms with Gasteiger partial charge >= 0.3 is 5.97 Å². The van der Waals surface area contributed by atoms with E-state index >= 15 is 0 Å². The van der Waals surface area contributed by atoms with Gasteiger partial charge in [0.15, 0.2) is 6.23 Å². The number of hydrogen-bond donors (Lipinski definition) is 2. The van der Waals surface area contributed by atoms with Crippen molar-refractivity contribution in [3.8, 4) is 0 Å². The number of carbonyl (C=O) groups is 2. The molecule has 3 aliphatic heterocycles. The van der Waals surface area contributed by atoms with Gasteiger partial charge in [-0.3, -0.25) is 29.1 Å². The first-order valence-corrected chi connectivity index (χ1v) is 11.8. The van der Waals surface area contributed by atoms with Crippen molar-refractivity contribution in [2.75, 3.05) is 49.1 Å². The molecular formula is C25H28N4O5. The van der Waals surface area contributed by atoms with Crippen molar-refractivity contribution in [2.24, 2.45) is 0 Å². The first kappa shape index (κ1) is 21.5. The van der Waals surface area contributed by atoms with Crippen LogP contribution in [0, 0.1) is 0 Å². The van der Waals surface area contributed by atoms with Crippen molar-refractivity contribution >= 4 is 23.3 Å². The van der Waals surface area contributed by atoms with Crippen LogP contribution in [0.2, 0.25) is 0 Å². The van der Waals surface area contributed by atoms with Crippen LogP contribution in [-0.4, -0.2) is 67.4 Å². The summed E-state index contributed by atoms with van der Waals surface area (Å²) < 4.78 is 0. The molecule has 1 spiro atoms. The summed E-state index contributed by atoms with van der Waals surface area (Å²) in [6.07, 6.45) is 1.55. The van der Waals surface area contributed by atoms with E-state index in [-0.39, 0.29) is 12.5 Å². The van der Waals surface area contributed by atoms with E-state index in [1.165, 1.54) is 11.1 Å². The number of benzene rings is 2. The third kappa shape index (κ3) is 3.47. The van der Waals surface area contributed by atoms with Gasteiger partial charge in [-0.15, -0.1) is 0 Å². The number of anilines is 2. The maximum absolute atomic E-state index is 14.0. The number of nitrogens with zero attached hydrogens (tertiary/aromatic N) is 3. The second-order valence-corrected chi connectivity index (χ2v) is 9.53. The second kappa shape index (κ2) is 8.35. The molecule has 9 nitrogen and oxygen atoms in total. The predicted octanol–water partition coefficient (Wildman–Crippen LogP) is 1.46. The average Bonchev–Trinajstić information content (AvgIpc) is 3.35. The highest BCUT2D eigenvalue weighted by atomic mass is 16.9. The Morgan fingerprint density at radius 1 is 1.09 bits per heavy atom. The van der Waals surface area contributed by atoms with Crippen molar-refractivity contribution in [2.45, 2.75) is 30.9 Å². The van der Waals surface area contributed by atoms with Crippen LogP contribution in [0.5, 0.6) is 0 Å². The van der Waals surface area contributed by atoms with Crippen LogP contribution in [0.3, 0.4) is 0 Å². The maximum atomic E-state index is 14.0. The fraction of sp³-hybridized carbons (Fsp3) is 0.440. The summed E-state index contributed by atoms with van der Waals surface area (Å²) in [5.74, 6) is -0.698. The molecule has 0 bridgehead atoms. The van der Waals surface area contributed by atoms with E-state index in [1.54, 1.807) is 4.90 Å². The van der Waals surface area contributed by atoms with Crippen LogP contribution in [-0.2, 0) is 37.5 Å². The van der Waals surface area contributed by atoms with Gasteiger partial charge in [0.25, 0.3) is 0 Å². The van der Waals surface area contributed by atoms with E-state index in [2.05, 4.69) is 34.8 Å². The highest BCUT2D eigenvalue weighted by Gasteiger charge is 2.55. The van der Waals surface area contributed by atoms with E-state index in [4.69, 9.17) is 14.8 Å². The molecule has 6 rings (SSSR count). The third-order valence-corrected chi connectivity index (χ3v) is 7.58. The molecule has 2 atom stereocenters. The Balaban J connectivity index is 1.26. The van der Waals surface area contributed by atoms with Crippen LogP contribution < -0.4 is 15.4 Å². The largest absolute Gasteiger partial charge is 0.480 e. The lowest BCUT2D eigenvalue weighted by Crippen LogP contribution is -2.50. The minimum Gasteiger partial charge on any atom is -0.480 e. The Morgan fingerprint density at radius 2 is 1.88 bits per heavy atom. The Hall–Kier alpha value is -2.98. The number of carboxylic acids is 1. The van der Waals surface area contributed by atoms with Crippen LogP contribution in [0.25, 0.3) is 0 Å². The zero-order chi connectivity index (χ0) is 23.3. The average molecular weight is 465 g/mol. The summed E-state index contributed by atoms with van der Waals surface area (Å²) in [6, 6.07) is 14.6. The summed E-state index contributed by atoms with van der Waals surface area (Å²) in [4.78, 5) is 41.7. The molecule has 9 heteroatoms. The number of rotatable bonds is 4. The highest BCUT2D eigenvalue weighted by Crippen LogP contribution is 2.51. The van der Waals surface area contributed by atoms with Gasteiger partial charge in [-0.1, -0.05) is 29.9 Å². The van der Waals surface area contributed by atoms with Crippen LogP contribution in [0.1, 0.15) is 23.1 Å². The minimum absolute atomic E-state index is 0.0856. The number of para-hydroxylation sites is 1. The number of fused-ring (bicyclic) bond motifs is 3. The molecule has 3 heterocycles. The van der Waals surface area contributed by atoms with Crippen molar-refractivity contribution in [3.63, 3.8) is 0 Å². The molecule has 2 aromatic rings. The van der Waals surface area contributed by atoms with E-state index < -0.39 is 17.6 Å². The molecule has 2 unspecified atom stereocenters. The lowest BCUT2D eigenvalue weighted by Gasteiger charge is -2.35. The first-order chi connectivity index (χ1) is 16.5. The number of piperazine rings is 1. The molecule has 0 saturated carbocycles. The topological polar surface area (TPSA) is 94.6 Å². The standard InChI is InChI=1S/C25H28N4O5/c30-23(31)16-27-8-10-28(11-9-27)19-6-5-17-14-25(15-18(17)13-19)20-3-1-2-4-21(20)29(24(25)32)22-7-12-33-26-34-22/h1-6,13,22,26H,7-12,14-16H2,(H,30,31). The van der Waals surface area contributed by atoms with E-state index in [0.29, 0.717) is 25.9 Å². The van der Waals surface area contributed by atoms with Gasteiger partial charge in [0.05, 0.1) is 24.3 Å². The fourth-order valence-corrected chi connectivity index (χ4v) is 5.92. The third-order valence-electron chi connectivity index (χ3n) is 7.58. The van der Waals surface area contributed by atoms with Crippen molar-refractivity contribution in [3.05, 3.63) is 59.2 Å². The van der Waals surface area contributed by atoms with Gasteiger partial charge in [0.2, 0.25) is 5.91 Å². The van der Waals surface area contributed by atoms with Gasteiger partial charge < -0.3 is 10.0 Å². The molecule has 4 aliphatic rings. The number of carbonyl (C=O) groups excluding carboxylic acids is 1. The molecule has 2 aromatic carbocycles. The summed E-state index contributed by atoms with van der Waals surface area (Å²) in [5.41, 5.74) is 7.41. The Morgan fingerprint density at radius 3 is 2.65 bits per heavy atom. The van der Waals surface area contributed by atoms with Gasteiger partial charge in [0, 0.05) is 38.3 Å². The minimum atomic E-state index is -0.784. The lowest BCUT2D eigenvalue weighted by atomic mass is 9.79. The molecule has 1 amide bonds. The number of nitrogens with one attached hydrogen (secondary N) is 1. The van der Waals surface area contributed by atoms with Gasteiger partial charge in [-0.2, -0.15) is 0 Å². The smallest absolute Gasteiger partial charge is 0.317 e. The summed E-state index contributed by atoms with van der Waals surface area (Å²) in [6.45, 7) is 3.61. The van der Waals surface area contributed by atoms with Crippen LogP contribution in [0.15, 0.2) is 42.5 Å². The second-order valence-electron chi connectivity index (χ2n) is 9.53. The number of aliphatic carboxylic acids is 1. The van der Waals surface area contributed by atoms with Gasteiger partial charge in [0.1, 0.15) is 0 Å². The number of amides is 1. The molecular weight excluding hydrogens is 436 g/mol. The molecule has 178 valence electrons. The Kier molecular flexibility index (Phi) is 5.29. The van der Waals surface area contributed by atoms with Crippen LogP contribution in [0.4, 0.5) is 11.4 Å². The maximum Gasteiger partial charge on any atom is 0.317 e. The van der Waals surface area contributed by atoms with Crippen molar-refractivity contribution in [1.29, 1.82) is 0 Å². The zero-order valence-corrected chi connectivity index (χ0v) is 18.9. The summed E-state index contributed by atoms with van der Waals surface area (Å²) in [5, 5.41) is 9.04. The SMILES string of the molecule is O=C(O)CN1CCN(c2ccc3c(c2)CC2(C3)C(=O)N(C3CCONO3)c3ccccc32)CC1. The predicted molar refractivity (Wildman–Crippen MR) is 124 cm³/mol. The van der Waals surface area contributed by atoms with E-state index in [0.717, 1.165) is 43.1 Å². The molecule has 2 saturated heterocycles. The molecule has 2 N–H and O–H groups in total. The summed E-state index contributed by atoms with van der Waals surface area (Å²) >= 11 is 0. The van der Waals surface area contributed by atoms with E-state index in [1.807, 2.05) is 23.1 Å². The van der Waals surface area contributed by atoms with E-state index in [9.17, 15) is 9.59 Å². The normalized spacial score (nSPS) is 26.7. The summed E-state index contributed by atoms with van der Waals surface area (Å²) in [7, 11) is 0. The van der Waals surface area contributed by atoms with Gasteiger partial charge in [-0.25, -0.2) is 0 Å². The molecule has 0 radical (unpaired) electrons. The number of carboxylic acid groups (broad SMARTS) is 1. The quantitative estimate of drug-likeness (QED) is 0.703. The fourth-order valence-electron chi connectivity index (χ4n) is 5.92. The molecule has 2 fully saturated rings. The van der Waals surface area contributed by atoms with Crippen LogP contribution >= 0.6 is 0 Å². The highest BCUT2D eigenvalue weighted by molar-refractivity contribution is 6.09. The van der Waals surface area contributed by atoms with Crippen molar-refractivity contribution < 1.29 is 24.4 Å². The monoisotopic (exact) mass is 464 g/mol. The molecule has 1 aliphatic carbocycles. The number of hydrogen-bond acceptors (Lipinski definition) is 7. The zero-order valence-electron chi connectivity index (χ0n) is 18.9.